The highest BCUT2D eigenvalue weighted by molar-refractivity contribution is 5.89. The molecule has 0 radical (unpaired) electrons. The van der Waals surface area contributed by atoms with Crippen molar-refractivity contribution in [2.24, 2.45) is 17.3 Å². The van der Waals surface area contributed by atoms with Gasteiger partial charge in [-0.15, -0.1) is 0 Å². The van der Waals surface area contributed by atoms with Gasteiger partial charge < -0.3 is 0 Å². The smallest absolute Gasteiger partial charge is 0.155 e. The zero-order chi connectivity index (χ0) is 11.5. The van der Waals surface area contributed by atoms with Gasteiger partial charge in [0.1, 0.15) is 0 Å². The van der Waals surface area contributed by atoms with Crippen molar-refractivity contribution in [1.29, 1.82) is 0 Å². The molecule has 0 aliphatic heterocycles. The summed E-state index contributed by atoms with van der Waals surface area (Å²) in [6.45, 7) is 8.89. The van der Waals surface area contributed by atoms with E-state index in [4.69, 9.17) is 0 Å². The highest BCUT2D eigenvalue weighted by atomic mass is 16.1. The average molecular weight is 208 g/mol. The Morgan fingerprint density at radius 2 is 2.13 bits per heavy atom. The predicted octanol–water partition coefficient (Wildman–Crippen LogP) is 3.98. The predicted molar refractivity (Wildman–Crippen MR) is 64.7 cm³/mol. The molecule has 15 heavy (non-hydrogen) atoms. The van der Waals surface area contributed by atoms with Crippen molar-refractivity contribution in [2.75, 3.05) is 0 Å². The lowest BCUT2D eigenvalue weighted by Gasteiger charge is -2.41. The van der Waals surface area contributed by atoms with Crippen molar-refractivity contribution < 1.29 is 4.79 Å². The van der Waals surface area contributed by atoms with E-state index in [1.54, 1.807) is 6.08 Å². The van der Waals surface area contributed by atoms with Crippen LogP contribution in [0.15, 0.2) is 12.2 Å². The molecule has 2 atom stereocenters. The fourth-order valence-electron chi connectivity index (χ4n) is 2.78. The molecule has 0 aromatic rings. The summed E-state index contributed by atoms with van der Waals surface area (Å²) in [6, 6.07) is 0. The molecule has 1 heteroatoms. The molecule has 1 fully saturated rings. The number of rotatable bonds is 3. The molecule has 1 nitrogen and oxygen atoms in total. The van der Waals surface area contributed by atoms with Crippen molar-refractivity contribution in [3.05, 3.63) is 12.2 Å². The van der Waals surface area contributed by atoms with Gasteiger partial charge in [-0.05, 0) is 29.7 Å². The second kappa shape index (κ2) is 4.96. The summed E-state index contributed by atoms with van der Waals surface area (Å²) in [5.41, 5.74) is 0.363. The minimum atomic E-state index is 0.253. The molecule has 1 saturated carbocycles. The van der Waals surface area contributed by atoms with Gasteiger partial charge in [-0.25, -0.2) is 0 Å². The Balaban J connectivity index is 2.71. The highest BCUT2D eigenvalue weighted by Crippen LogP contribution is 2.44. The molecule has 0 amide bonds. The van der Waals surface area contributed by atoms with Crippen molar-refractivity contribution in [3.63, 3.8) is 0 Å². The molecule has 0 heterocycles. The Hall–Kier alpha value is -0.590. The topological polar surface area (TPSA) is 17.1 Å². The van der Waals surface area contributed by atoms with E-state index in [1.807, 2.05) is 6.92 Å². The molecule has 0 N–H and O–H groups in total. The summed E-state index contributed by atoms with van der Waals surface area (Å²) in [4.78, 5) is 11.3. The largest absolute Gasteiger partial charge is 0.295 e. The molecule has 0 saturated heterocycles. The van der Waals surface area contributed by atoms with Gasteiger partial charge in [0.15, 0.2) is 5.78 Å². The van der Waals surface area contributed by atoms with Crippen molar-refractivity contribution in [1.82, 2.24) is 0 Å². The zero-order valence-corrected chi connectivity index (χ0v) is 10.5. The fourth-order valence-corrected chi connectivity index (χ4v) is 2.78. The van der Waals surface area contributed by atoms with Crippen LogP contribution in [0.3, 0.4) is 0 Å². The van der Waals surface area contributed by atoms with Crippen LogP contribution in [-0.2, 0) is 4.79 Å². The number of carbonyl (C=O) groups excluding carboxylic acids is 1. The van der Waals surface area contributed by atoms with E-state index < -0.39 is 0 Å². The van der Waals surface area contributed by atoms with Gasteiger partial charge in [-0.1, -0.05) is 46.6 Å². The fraction of sp³-hybridized carbons (Fsp3) is 0.786. The number of ketones is 1. The van der Waals surface area contributed by atoms with E-state index in [9.17, 15) is 4.79 Å². The third kappa shape index (κ3) is 3.19. The summed E-state index contributed by atoms with van der Waals surface area (Å²) in [7, 11) is 0. The second-order valence-electron chi connectivity index (χ2n) is 5.56. The van der Waals surface area contributed by atoms with E-state index >= 15 is 0 Å². The minimum absolute atomic E-state index is 0.253. The van der Waals surface area contributed by atoms with Gasteiger partial charge in [0.25, 0.3) is 0 Å². The van der Waals surface area contributed by atoms with Crippen LogP contribution in [-0.4, -0.2) is 5.78 Å². The molecule has 1 aliphatic carbocycles. The Morgan fingerprint density at radius 1 is 1.47 bits per heavy atom. The summed E-state index contributed by atoms with van der Waals surface area (Å²) in [5, 5.41) is 0. The number of allylic oxidation sites excluding steroid dienone is 2. The maximum absolute atomic E-state index is 11.3. The van der Waals surface area contributed by atoms with E-state index in [0.717, 1.165) is 5.92 Å². The highest BCUT2D eigenvalue weighted by Gasteiger charge is 2.34. The molecule has 2 unspecified atom stereocenters. The molecule has 1 aliphatic rings. The summed E-state index contributed by atoms with van der Waals surface area (Å²) in [5.74, 6) is 1.54. The first-order chi connectivity index (χ1) is 6.97. The Kier molecular flexibility index (Phi) is 4.12. The monoisotopic (exact) mass is 208 g/mol. The molecule has 0 bridgehead atoms. The zero-order valence-electron chi connectivity index (χ0n) is 10.5. The van der Waals surface area contributed by atoms with Crippen LogP contribution in [0.4, 0.5) is 0 Å². The van der Waals surface area contributed by atoms with Crippen molar-refractivity contribution in [2.45, 2.75) is 53.4 Å². The lowest BCUT2D eigenvalue weighted by atomic mass is 9.64. The van der Waals surface area contributed by atoms with Gasteiger partial charge in [-0.2, -0.15) is 0 Å². The second-order valence-corrected chi connectivity index (χ2v) is 5.56. The third-order valence-electron chi connectivity index (χ3n) is 3.83. The van der Waals surface area contributed by atoms with Crippen LogP contribution >= 0.6 is 0 Å². The van der Waals surface area contributed by atoms with Crippen LogP contribution < -0.4 is 0 Å². The molecular weight excluding hydrogens is 184 g/mol. The average Bonchev–Trinajstić information content (AvgIpc) is 2.15. The van der Waals surface area contributed by atoms with E-state index in [1.165, 1.54) is 19.3 Å². The van der Waals surface area contributed by atoms with Crippen molar-refractivity contribution >= 4 is 5.78 Å². The summed E-state index contributed by atoms with van der Waals surface area (Å²) >= 11 is 0. The first kappa shape index (κ1) is 12.5. The molecule has 0 aromatic carbocycles. The van der Waals surface area contributed by atoms with E-state index in [2.05, 4.69) is 26.8 Å². The number of hydrogen-bond acceptors (Lipinski definition) is 1. The molecular formula is C14H24O. The molecule has 0 spiro atoms. The van der Waals surface area contributed by atoms with Crippen LogP contribution in [0.1, 0.15) is 53.4 Å². The maximum atomic E-state index is 11.3. The SMILES string of the molecule is CCC(=O)/C=C/C1C(C)CCCC1(C)C. The summed E-state index contributed by atoms with van der Waals surface area (Å²) in [6.07, 6.45) is 8.51. The van der Waals surface area contributed by atoms with Gasteiger partial charge in [0.2, 0.25) is 0 Å². The standard InChI is InChI=1S/C14H24O/c1-5-12(15)8-9-13-11(2)7-6-10-14(13,3)4/h8-9,11,13H,5-7,10H2,1-4H3/b9-8+. The Bertz CT molecular complexity index is 250. The number of hydrogen-bond donors (Lipinski definition) is 0. The van der Waals surface area contributed by atoms with E-state index in [-0.39, 0.29) is 5.78 Å². The first-order valence-corrected chi connectivity index (χ1v) is 6.18. The van der Waals surface area contributed by atoms with Gasteiger partial charge in [0, 0.05) is 6.42 Å². The maximum Gasteiger partial charge on any atom is 0.155 e. The van der Waals surface area contributed by atoms with Gasteiger partial charge >= 0.3 is 0 Å². The molecule has 0 aromatic heterocycles. The van der Waals surface area contributed by atoms with Crippen LogP contribution in [0.2, 0.25) is 0 Å². The van der Waals surface area contributed by atoms with E-state index in [0.29, 0.717) is 17.8 Å². The van der Waals surface area contributed by atoms with Crippen LogP contribution in [0.25, 0.3) is 0 Å². The third-order valence-corrected chi connectivity index (χ3v) is 3.83. The molecule has 86 valence electrons. The Morgan fingerprint density at radius 3 is 2.67 bits per heavy atom. The lowest BCUT2D eigenvalue weighted by Crippen LogP contribution is -2.32. The lowest BCUT2D eigenvalue weighted by molar-refractivity contribution is -0.114. The quantitative estimate of drug-likeness (QED) is 0.641. The Labute approximate surface area is 93.9 Å². The van der Waals surface area contributed by atoms with Crippen LogP contribution in [0, 0.1) is 17.3 Å². The van der Waals surface area contributed by atoms with Crippen LogP contribution in [0.5, 0.6) is 0 Å². The van der Waals surface area contributed by atoms with Gasteiger partial charge in [0.05, 0.1) is 0 Å². The van der Waals surface area contributed by atoms with Crippen molar-refractivity contribution in [3.8, 4) is 0 Å². The normalized spacial score (nSPS) is 30.7. The minimum Gasteiger partial charge on any atom is -0.295 e. The first-order valence-electron chi connectivity index (χ1n) is 6.18. The number of carbonyl (C=O) groups is 1. The molecule has 1 rings (SSSR count). The van der Waals surface area contributed by atoms with Gasteiger partial charge in [-0.3, -0.25) is 4.79 Å². The summed E-state index contributed by atoms with van der Waals surface area (Å²) < 4.78 is 0.